The molecular weight excluding hydrogens is 266 g/mol. The molecule has 2 aromatic heterocycles. The fourth-order valence-corrected chi connectivity index (χ4v) is 2.24. The molecule has 0 aromatic carbocycles. The van der Waals surface area contributed by atoms with E-state index in [1.54, 1.807) is 10.9 Å². The Balaban J connectivity index is 1.69. The van der Waals surface area contributed by atoms with E-state index < -0.39 is 0 Å². The zero-order valence-corrected chi connectivity index (χ0v) is 12.9. The Hall–Kier alpha value is -2.11. The van der Waals surface area contributed by atoms with Gasteiger partial charge in [0.2, 0.25) is 5.91 Å². The topological polar surface area (TPSA) is 64.7 Å². The number of aromatic nitrogens is 4. The SMILES string of the molecule is Cc1cc(C)n(CC(C)CNC(=O)CCn2cccn2)n1. The molecular formula is C15H23N5O. The second-order valence-electron chi connectivity index (χ2n) is 5.54. The summed E-state index contributed by atoms with van der Waals surface area (Å²) in [5.41, 5.74) is 2.19. The van der Waals surface area contributed by atoms with E-state index in [1.807, 2.05) is 23.9 Å². The number of nitrogens with one attached hydrogen (secondary N) is 1. The van der Waals surface area contributed by atoms with Crippen LogP contribution in [0.1, 0.15) is 24.7 Å². The molecule has 0 aliphatic heterocycles. The Morgan fingerprint density at radius 3 is 2.86 bits per heavy atom. The van der Waals surface area contributed by atoms with Crippen molar-refractivity contribution in [1.29, 1.82) is 0 Å². The highest BCUT2D eigenvalue weighted by molar-refractivity contribution is 5.75. The summed E-state index contributed by atoms with van der Waals surface area (Å²) >= 11 is 0. The Labute approximate surface area is 125 Å². The second kappa shape index (κ2) is 7.06. The number of aryl methyl sites for hydroxylation is 3. The van der Waals surface area contributed by atoms with E-state index in [1.165, 1.54) is 0 Å². The highest BCUT2D eigenvalue weighted by Crippen LogP contribution is 2.05. The van der Waals surface area contributed by atoms with Crippen LogP contribution in [0.3, 0.4) is 0 Å². The van der Waals surface area contributed by atoms with Crippen molar-refractivity contribution in [3.63, 3.8) is 0 Å². The monoisotopic (exact) mass is 289 g/mol. The average Bonchev–Trinajstić information content (AvgIpc) is 3.04. The summed E-state index contributed by atoms with van der Waals surface area (Å²) in [6.07, 6.45) is 4.03. The highest BCUT2D eigenvalue weighted by Gasteiger charge is 2.09. The minimum Gasteiger partial charge on any atom is -0.356 e. The van der Waals surface area contributed by atoms with Gasteiger partial charge in [0.05, 0.1) is 5.69 Å². The van der Waals surface area contributed by atoms with Crippen LogP contribution in [0, 0.1) is 19.8 Å². The molecule has 2 rings (SSSR count). The van der Waals surface area contributed by atoms with Gasteiger partial charge >= 0.3 is 0 Å². The van der Waals surface area contributed by atoms with Gasteiger partial charge in [-0.05, 0) is 31.9 Å². The van der Waals surface area contributed by atoms with Crippen molar-refractivity contribution in [2.45, 2.75) is 40.3 Å². The fourth-order valence-electron chi connectivity index (χ4n) is 2.24. The Kier molecular flexibility index (Phi) is 5.14. The summed E-state index contributed by atoms with van der Waals surface area (Å²) in [6.45, 7) is 8.25. The van der Waals surface area contributed by atoms with Gasteiger partial charge in [0.1, 0.15) is 0 Å². The van der Waals surface area contributed by atoms with Crippen molar-refractivity contribution in [2.75, 3.05) is 6.54 Å². The lowest BCUT2D eigenvalue weighted by Crippen LogP contribution is -2.30. The van der Waals surface area contributed by atoms with E-state index in [2.05, 4.69) is 35.4 Å². The van der Waals surface area contributed by atoms with Gasteiger partial charge in [0, 0.05) is 44.1 Å². The van der Waals surface area contributed by atoms with E-state index in [4.69, 9.17) is 0 Å². The van der Waals surface area contributed by atoms with Gasteiger partial charge in [-0.3, -0.25) is 14.2 Å². The van der Waals surface area contributed by atoms with Gasteiger partial charge in [-0.15, -0.1) is 0 Å². The number of amides is 1. The Morgan fingerprint density at radius 1 is 1.43 bits per heavy atom. The minimum absolute atomic E-state index is 0.0608. The summed E-state index contributed by atoms with van der Waals surface area (Å²) < 4.78 is 3.76. The van der Waals surface area contributed by atoms with Crippen LogP contribution in [-0.4, -0.2) is 32.0 Å². The van der Waals surface area contributed by atoms with Crippen LogP contribution in [0.5, 0.6) is 0 Å². The van der Waals surface area contributed by atoms with E-state index in [0.717, 1.165) is 17.9 Å². The number of carbonyl (C=O) groups is 1. The molecule has 1 N–H and O–H groups in total. The van der Waals surface area contributed by atoms with E-state index in [0.29, 0.717) is 25.4 Å². The zero-order valence-electron chi connectivity index (χ0n) is 12.9. The molecule has 6 nitrogen and oxygen atoms in total. The summed E-state index contributed by atoms with van der Waals surface area (Å²) in [6, 6.07) is 3.92. The van der Waals surface area contributed by atoms with Crippen molar-refractivity contribution >= 4 is 5.91 Å². The summed E-state index contributed by atoms with van der Waals surface area (Å²) in [7, 11) is 0. The third-order valence-electron chi connectivity index (χ3n) is 3.36. The lowest BCUT2D eigenvalue weighted by molar-refractivity contribution is -0.121. The standard InChI is InChI=1S/C15H23N5O/c1-12(11-20-14(3)9-13(2)18-20)10-16-15(21)5-8-19-7-4-6-17-19/h4,6-7,9,12H,5,8,10-11H2,1-3H3,(H,16,21). The van der Waals surface area contributed by atoms with Crippen molar-refractivity contribution in [3.05, 3.63) is 35.9 Å². The first-order chi connectivity index (χ1) is 10.0. The normalized spacial score (nSPS) is 12.3. The maximum Gasteiger partial charge on any atom is 0.221 e. The lowest BCUT2D eigenvalue weighted by Gasteiger charge is -2.14. The number of hydrogen-bond acceptors (Lipinski definition) is 3. The van der Waals surface area contributed by atoms with Gasteiger partial charge < -0.3 is 5.32 Å². The summed E-state index contributed by atoms with van der Waals surface area (Å²) in [5, 5.41) is 11.5. The molecule has 6 heteroatoms. The Bertz CT molecular complexity index is 573. The molecule has 0 aliphatic rings. The third kappa shape index (κ3) is 4.73. The smallest absolute Gasteiger partial charge is 0.221 e. The molecule has 0 saturated carbocycles. The molecule has 2 aromatic rings. The molecule has 1 atom stereocenters. The number of hydrogen-bond donors (Lipinski definition) is 1. The molecule has 0 bridgehead atoms. The predicted octanol–water partition coefficient (Wildman–Crippen LogP) is 1.54. The lowest BCUT2D eigenvalue weighted by atomic mass is 10.2. The van der Waals surface area contributed by atoms with Crippen molar-refractivity contribution in [2.24, 2.45) is 5.92 Å². The first kappa shape index (κ1) is 15.3. The van der Waals surface area contributed by atoms with Gasteiger partial charge in [-0.2, -0.15) is 10.2 Å². The maximum atomic E-state index is 11.8. The molecule has 114 valence electrons. The molecule has 0 spiro atoms. The van der Waals surface area contributed by atoms with Gasteiger partial charge in [0.25, 0.3) is 0 Å². The Morgan fingerprint density at radius 2 is 2.24 bits per heavy atom. The highest BCUT2D eigenvalue weighted by atomic mass is 16.1. The molecule has 1 amide bonds. The first-order valence-electron chi connectivity index (χ1n) is 7.30. The zero-order chi connectivity index (χ0) is 15.2. The maximum absolute atomic E-state index is 11.8. The van der Waals surface area contributed by atoms with Gasteiger partial charge in [-0.25, -0.2) is 0 Å². The van der Waals surface area contributed by atoms with Crippen LogP contribution in [0.2, 0.25) is 0 Å². The van der Waals surface area contributed by atoms with Crippen LogP contribution >= 0.6 is 0 Å². The predicted molar refractivity (Wildman–Crippen MR) is 80.7 cm³/mol. The fraction of sp³-hybridized carbons (Fsp3) is 0.533. The quantitative estimate of drug-likeness (QED) is 0.841. The van der Waals surface area contributed by atoms with Crippen LogP contribution in [0.15, 0.2) is 24.5 Å². The number of carbonyl (C=O) groups excluding carboxylic acids is 1. The first-order valence-corrected chi connectivity index (χ1v) is 7.30. The molecule has 0 aliphatic carbocycles. The van der Waals surface area contributed by atoms with E-state index >= 15 is 0 Å². The molecule has 21 heavy (non-hydrogen) atoms. The summed E-state index contributed by atoms with van der Waals surface area (Å²) in [4.78, 5) is 11.8. The van der Waals surface area contributed by atoms with E-state index in [9.17, 15) is 4.79 Å². The number of nitrogens with zero attached hydrogens (tertiary/aromatic N) is 4. The molecule has 0 radical (unpaired) electrons. The second-order valence-corrected chi connectivity index (χ2v) is 5.54. The molecule has 0 fully saturated rings. The molecule has 0 saturated heterocycles. The van der Waals surface area contributed by atoms with Crippen LogP contribution in [0.4, 0.5) is 0 Å². The average molecular weight is 289 g/mol. The molecule has 1 unspecified atom stereocenters. The van der Waals surface area contributed by atoms with Crippen molar-refractivity contribution in [1.82, 2.24) is 24.9 Å². The minimum atomic E-state index is 0.0608. The van der Waals surface area contributed by atoms with Crippen LogP contribution < -0.4 is 5.32 Å². The van der Waals surface area contributed by atoms with Crippen LogP contribution in [-0.2, 0) is 17.9 Å². The third-order valence-corrected chi connectivity index (χ3v) is 3.36. The largest absolute Gasteiger partial charge is 0.356 e. The van der Waals surface area contributed by atoms with Gasteiger partial charge in [0.15, 0.2) is 0 Å². The van der Waals surface area contributed by atoms with E-state index in [-0.39, 0.29) is 5.91 Å². The van der Waals surface area contributed by atoms with Crippen molar-refractivity contribution in [3.8, 4) is 0 Å². The number of rotatable bonds is 7. The van der Waals surface area contributed by atoms with Crippen molar-refractivity contribution < 1.29 is 4.79 Å². The van der Waals surface area contributed by atoms with Gasteiger partial charge in [-0.1, -0.05) is 6.92 Å². The molecule has 2 heterocycles. The summed E-state index contributed by atoms with van der Waals surface area (Å²) in [5.74, 6) is 0.405. The van der Waals surface area contributed by atoms with Crippen LogP contribution in [0.25, 0.3) is 0 Å².